The lowest BCUT2D eigenvalue weighted by molar-refractivity contribution is -0.143. The van der Waals surface area contributed by atoms with Crippen molar-refractivity contribution in [3.63, 3.8) is 0 Å². The molecule has 0 aliphatic carbocycles. The Hall–Kier alpha value is -1.95. The number of carbonyl (C=O) groups excluding carboxylic acids is 1. The van der Waals surface area contributed by atoms with E-state index in [0.29, 0.717) is 43.2 Å². The molecule has 1 amide bonds. The van der Waals surface area contributed by atoms with Gasteiger partial charge in [0.15, 0.2) is 11.5 Å². The maximum atomic E-state index is 12.9. The van der Waals surface area contributed by atoms with Crippen LogP contribution in [0, 0.1) is 0 Å². The van der Waals surface area contributed by atoms with Crippen LogP contribution in [0.25, 0.3) is 0 Å². The molecule has 0 aromatic heterocycles. The zero-order chi connectivity index (χ0) is 18.4. The molecule has 0 saturated carbocycles. The summed E-state index contributed by atoms with van der Waals surface area (Å²) in [5.74, 6) is -0.518. The zero-order valence-electron chi connectivity index (χ0n) is 14.6. The van der Waals surface area contributed by atoms with E-state index in [0.717, 1.165) is 19.3 Å². The van der Waals surface area contributed by atoms with Crippen molar-refractivity contribution in [2.45, 2.75) is 45.6 Å². The second kappa shape index (κ2) is 8.94. The Morgan fingerprint density at radius 3 is 2.68 bits per heavy atom. The zero-order valence-corrected chi connectivity index (χ0v) is 15.3. The molecule has 6 nitrogen and oxygen atoms in total. The molecule has 1 saturated heterocycles. The van der Waals surface area contributed by atoms with Crippen LogP contribution in [-0.2, 0) is 4.79 Å². The van der Waals surface area contributed by atoms with Gasteiger partial charge in [0.2, 0.25) is 0 Å². The number of nitrogens with zero attached hydrogens (tertiary/aromatic N) is 1. The largest absolute Gasteiger partial charge is 0.490 e. The fraction of sp³-hybridized carbons (Fsp3) is 0.556. The molecule has 0 unspecified atom stereocenters. The molecule has 1 aromatic rings. The maximum Gasteiger partial charge on any atom is 0.326 e. The monoisotopic (exact) mass is 369 g/mol. The van der Waals surface area contributed by atoms with Gasteiger partial charge >= 0.3 is 5.97 Å². The van der Waals surface area contributed by atoms with Gasteiger partial charge in [-0.05, 0) is 44.7 Å². The molecule has 2 rings (SSSR count). The minimum absolute atomic E-state index is 0.284. The number of carboxylic acids is 1. The molecule has 7 heteroatoms. The number of piperidine rings is 1. The lowest BCUT2D eigenvalue weighted by atomic mass is 10.0. The van der Waals surface area contributed by atoms with E-state index >= 15 is 0 Å². The van der Waals surface area contributed by atoms with Crippen molar-refractivity contribution < 1.29 is 24.2 Å². The number of hydrogen-bond acceptors (Lipinski definition) is 4. The Bertz CT molecular complexity index is 634. The van der Waals surface area contributed by atoms with E-state index in [-0.39, 0.29) is 10.9 Å². The van der Waals surface area contributed by atoms with Crippen molar-refractivity contribution in [3.8, 4) is 11.5 Å². The van der Waals surface area contributed by atoms with Crippen LogP contribution in [0.2, 0.25) is 5.02 Å². The molecule has 0 radical (unpaired) electrons. The number of carboxylic acid groups (broad SMARTS) is 1. The summed E-state index contributed by atoms with van der Waals surface area (Å²) < 4.78 is 11.2. The van der Waals surface area contributed by atoms with Crippen molar-refractivity contribution in [2.24, 2.45) is 0 Å². The molecule has 1 N–H and O–H groups in total. The van der Waals surface area contributed by atoms with Crippen LogP contribution < -0.4 is 9.47 Å². The molecule has 1 fully saturated rings. The highest BCUT2D eigenvalue weighted by Gasteiger charge is 2.33. The topological polar surface area (TPSA) is 76.1 Å². The van der Waals surface area contributed by atoms with Crippen LogP contribution >= 0.6 is 11.6 Å². The molecule has 1 atom stereocenters. The Morgan fingerprint density at radius 1 is 1.28 bits per heavy atom. The fourth-order valence-electron chi connectivity index (χ4n) is 2.90. The number of rotatable bonds is 7. The summed E-state index contributed by atoms with van der Waals surface area (Å²) in [4.78, 5) is 25.7. The first-order valence-corrected chi connectivity index (χ1v) is 9.00. The first-order valence-electron chi connectivity index (χ1n) is 8.62. The summed E-state index contributed by atoms with van der Waals surface area (Å²) >= 11 is 6.30. The Kier molecular flexibility index (Phi) is 6.93. The smallest absolute Gasteiger partial charge is 0.326 e. The molecule has 1 aliphatic heterocycles. The Balaban J connectivity index is 2.34. The van der Waals surface area contributed by atoms with Crippen LogP contribution in [-0.4, -0.2) is 47.7 Å². The van der Waals surface area contributed by atoms with Gasteiger partial charge in [-0.1, -0.05) is 18.5 Å². The lowest BCUT2D eigenvalue weighted by Gasteiger charge is -2.33. The van der Waals surface area contributed by atoms with E-state index in [1.807, 2.05) is 13.8 Å². The van der Waals surface area contributed by atoms with Gasteiger partial charge in [-0.3, -0.25) is 4.79 Å². The van der Waals surface area contributed by atoms with Crippen molar-refractivity contribution in [2.75, 3.05) is 19.8 Å². The van der Waals surface area contributed by atoms with Crippen LogP contribution in [0.4, 0.5) is 0 Å². The van der Waals surface area contributed by atoms with Gasteiger partial charge in [0.1, 0.15) is 6.04 Å². The van der Waals surface area contributed by atoms with Gasteiger partial charge < -0.3 is 19.5 Å². The third-order valence-electron chi connectivity index (χ3n) is 4.06. The van der Waals surface area contributed by atoms with Crippen LogP contribution in [0.1, 0.15) is 49.9 Å². The van der Waals surface area contributed by atoms with Crippen molar-refractivity contribution in [1.29, 1.82) is 0 Å². The van der Waals surface area contributed by atoms with Gasteiger partial charge in [0.05, 0.1) is 18.2 Å². The molecule has 0 spiro atoms. The molecule has 138 valence electrons. The van der Waals surface area contributed by atoms with Gasteiger partial charge in [-0.2, -0.15) is 0 Å². The predicted octanol–water partition coefficient (Wildman–Crippen LogP) is 3.61. The number of amides is 1. The molecule has 0 bridgehead atoms. The lowest BCUT2D eigenvalue weighted by Crippen LogP contribution is -2.48. The molecular formula is C18H24ClNO5. The average Bonchev–Trinajstić information content (AvgIpc) is 2.60. The summed E-state index contributed by atoms with van der Waals surface area (Å²) in [5, 5.41) is 9.66. The third kappa shape index (κ3) is 4.57. The van der Waals surface area contributed by atoms with E-state index < -0.39 is 12.0 Å². The number of halogens is 1. The quantitative estimate of drug-likeness (QED) is 0.794. The second-order valence-corrected chi connectivity index (χ2v) is 6.32. The predicted molar refractivity (Wildman–Crippen MR) is 94.7 cm³/mol. The van der Waals surface area contributed by atoms with Gasteiger partial charge in [0.25, 0.3) is 5.91 Å². The Morgan fingerprint density at radius 2 is 2.04 bits per heavy atom. The standard InChI is InChI=1S/C18H24ClNO5/c1-3-9-25-16-13(19)10-12(11-15(16)24-4-2)17(21)20-8-6-5-7-14(20)18(22)23/h10-11,14H,3-9H2,1-2H3,(H,22,23)/t14-/m1/s1. The van der Waals surface area contributed by atoms with Crippen molar-refractivity contribution in [3.05, 3.63) is 22.7 Å². The van der Waals surface area contributed by atoms with Crippen LogP contribution in [0.5, 0.6) is 11.5 Å². The van der Waals surface area contributed by atoms with Crippen LogP contribution in [0.3, 0.4) is 0 Å². The SMILES string of the molecule is CCCOc1c(Cl)cc(C(=O)N2CCCC[C@@H]2C(=O)O)cc1OCC. The molecule has 1 heterocycles. The number of benzene rings is 1. The number of hydrogen-bond donors (Lipinski definition) is 1. The number of likely N-dealkylation sites (tertiary alicyclic amines) is 1. The first kappa shape index (κ1) is 19.4. The van der Waals surface area contributed by atoms with E-state index in [9.17, 15) is 14.7 Å². The van der Waals surface area contributed by atoms with Crippen LogP contribution in [0.15, 0.2) is 12.1 Å². The maximum absolute atomic E-state index is 12.9. The summed E-state index contributed by atoms with van der Waals surface area (Å²) in [6, 6.07) is 2.30. The van der Waals surface area contributed by atoms with E-state index in [1.54, 1.807) is 6.07 Å². The third-order valence-corrected chi connectivity index (χ3v) is 4.34. The van der Waals surface area contributed by atoms with E-state index in [4.69, 9.17) is 21.1 Å². The van der Waals surface area contributed by atoms with Gasteiger partial charge in [-0.25, -0.2) is 4.79 Å². The first-order chi connectivity index (χ1) is 12.0. The average molecular weight is 370 g/mol. The van der Waals surface area contributed by atoms with E-state index in [2.05, 4.69) is 0 Å². The summed E-state index contributed by atoms with van der Waals surface area (Å²) in [6.07, 6.45) is 2.87. The number of aliphatic carboxylic acids is 1. The normalized spacial score (nSPS) is 17.2. The summed E-state index contributed by atoms with van der Waals surface area (Å²) in [7, 11) is 0. The van der Waals surface area contributed by atoms with Crippen molar-refractivity contribution >= 4 is 23.5 Å². The van der Waals surface area contributed by atoms with Crippen molar-refractivity contribution in [1.82, 2.24) is 4.90 Å². The summed E-state index contributed by atoms with van der Waals surface area (Å²) in [6.45, 7) is 5.12. The molecule has 1 aliphatic rings. The second-order valence-electron chi connectivity index (χ2n) is 5.92. The fourth-order valence-corrected chi connectivity index (χ4v) is 3.16. The molecule has 25 heavy (non-hydrogen) atoms. The number of carbonyl (C=O) groups is 2. The highest BCUT2D eigenvalue weighted by Crippen LogP contribution is 2.37. The summed E-state index contributed by atoms with van der Waals surface area (Å²) in [5.41, 5.74) is 0.311. The molecule has 1 aromatic carbocycles. The van der Waals surface area contributed by atoms with E-state index in [1.165, 1.54) is 11.0 Å². The molecular weight excluding hydrogens is 346 g/mol. The van der Waals surface area contributed by atoms with Gasteiger partial charge in [-0.15, -0.1) is 0 Å². The minimum Gasteiger partial charge on any atom is -0.490 e. The highest BCUT2D eigenvalue weighted by atomic mass is 35.5. The minimum atomic E-state index is -0.980. The Labute approximate surface area is 152 Å². The van der Waals surface area contributed by atoms with Gasteiger partial charge in [0, 0.05) is 12.1 Å². The number of ether oxygens (including phenoxy) is 2. The highest BCUT2D eigenvalue weighted by molar-refractivity contribution is 6.32.